The van der Waals surface area contributed by atoms with Crippen LogP contribution in [-0.4, -0.2) is 28.0 Å². The molecule has 0 spiro atoms. The lowest BCUT2D eigenvalue weighted by Crippen LogP contribution is -2.15. The maximum Gasteiger partial charge on any atom is 0.292 e. The van der Waals surface area contributed by atoms with E-state index in [0.717, 1.165) is 0 Å². The fraction of sp³-hybridized carbons (Fsp3) is 0.167. The van der Waals surface area contributed by atoms with Crippen LogP contribution < -0.4 is 10.6 Å². The predicted octanol–water partition coefficient (Wildman–Crippen LogP) is 2.56. The lowest BCUT2D eigenvalue weighted by Gasteiger charge is -2.08. The average Bonchev–Trinajstić information content (AvgIpc) is 2.44. The maximum absolute atomic E-state index is 10.8. The van der Waals surface area contributed by atoms with Crippen LogP contribution in [0.3, 0.4) is 0 Å². The van der Waals surface area contributed by atoms with Gasteiger partial charge in [-0.1, -0.05) is 23.7 Å². The number of anilines is 2. The van der Waals surface area contributed by atoms with Crippen LogP contribution in [0, 0.1) is 10.1 Å². The minimum Gasteiger partial charge on any atom is -0.378 e. The van der Waals surface area contributed by atoms with Gasteiger partial charge in [0, 0.05) is 19.2 Å². The summed E-state index contributed by atoms with van der Waals surface area (Å²) in [5.74, 6) is 0.557. The second-order valence-corrected chi connectivity index (χ2v) is 4.24. The third-order valence-electron chi connectivity index (χ3n) is 2.45. The van der Waals surface area contributed by atoms with Gasteiger partial charge in [0.15, 0.2) is 0 Å². The summed E-state index contributed by atoms with van der Waals surface area (Å²) in [6, 6.07) is 6.49. The van der Waals surface area contributed by atoms with Crippen molar-refractivity contribution >= 4 is 28.8 Å². The van der Waals surface area contributed by atoms with Crippen LogP contribution in [0.1, 0.15) is 0 Å². The van der Waals surface area contributed by atoms with Crippen LogP contribution >= 0.6 is 11.6 Å². The zero-order chi connectivity index (χ0) is 14.4. The molecule has 0 fully saturated rings. The minimum atomic E-state index is -0.418. The molecule has 1 heterocycles. The number of benzene rings is 1. The third kappa shape index (κ3) is 3.79. The first-order valence-electron chi connectivity index (χ1n) is 5.85. The SMILES string of the molecule is O=[N+]([O-])c1ccccc1NCCNc1cncc(Cl)n1. The highest BCUT2D eigenvalue weighted by Gasteiger charge is 2.10. The molecule has 0 unspecified atom stereocenters. The monoisotopic (exact) mass is 293 g/mol. The van der Waals surface area contributed by atoms with Crippen molar-refractivity contribution < 1.29 is 4.92 Å². The van der Waals surface area contributed by atoms with E-state index in [2.05, 4.69) is 20.6 Å². The molecule has 0 aliphatic carbocycles. The molecular formula is C12H12ClN5O2. The van der Waals surface area contributed by atoms with Crippen LogP contribution in [-0.2, 0) is 0 Å². The Morgan fingerprint density at radius 1 is 1.20 bits per heavy atom. The van der Waals surface area contributed by atoms with Gasteiger partial charge in [-0.25, -0.2) is 4.98 Å². The molecule has 2 N–H and O–H groups in total. The molecule has 2 aromatic rings. The number of para-hydroxylation sites is 2. The highest BCUT2D eigenvalue weighted by atomic mass is 35.5. The van der Waals surface area contributed by atoms with E-state index in [-0.39, 0.29) is 5.69 Å². The summed E-state index contributed by atoms with van der Waals surface area (Å²) in [6.45, 7) is 1.03. The van der Waals surface area contributed by atoms with Crippen LogP contribution in [0.2, 0.25) is 5.15 Å². The molecule has 1 aromatic carbocycles. The number of nitro groups is 1. The largest absolute Gasteiger partial charge is 0.378 e. The summed E-state index contributed by atoms with van der Waals surface area (Å²) in [4.78, 5) is 18.3. The number of hydrogen-bond donors (Lipinski definition) is 2. The highest BCUT2D eigenvalue weighted by molar-refractivity contribution is 6.29. The van der Waals surface area contributed by atoms with Crippen molar-refractivity contribution in [3.63, 3.8) is 0 Å². The van der Waals surface area contributed by atoms with E-state index in [1.54, 1.807) is 24.4 Å². The Bertz CT molecular complexity index is 608. The van der Waals surface area contributed by atoms with E-state index in [4.69, 9.17) is 11.6 Å². The van der Waals surface area contributed by atoms with Gasteiger partial charge in [-0.05, 0) is 6.07 Å². The number of aromatic nitrogens is 2. The number of nitrogens with zero attached hydrogens (tertiary/aromatic N) is 3. The first-order chi connectivity index (χ1) is 9.66. The topological polar surface area (TPSA) is 93.0 Å². The molecular weight excluding hydrogens is 282 g/mol. The molecule has 104 valence electrons. The summed E-state index contributed by atoms with van der Waals surface area (Å²) < 4.78 is 0. The van der Waals surface area contributed by atoms with Crippen LogP contribution in [0.15, 0.2) is 36.7 Å². The fourth-order valence-electron chi connectivity index (χ4n) is 1.60. The highest BCUT2D eigenvalue weighted by Crippen LogP contribution is 2.22. The zero-order valence-electron chi connectivity index (χ0n) is 10.4. The number of nitro benzene ring substituents is 1. The molecule has 0 aliphatic heterocycles. The van der Waals surface area contributed by atoms with E-state index in [0.29, 0.717) is 29.7 Å². The van der Waals surface area contributed by atoms with E-state index in [1.807, 2.05) is 0 Å². The van der Waals surface area contributed by atoms with Gasteiger partial charge < -0.3 is 10.6 Å². The normalized spacial score (nSPS) is 10.1. The van der Waals surface area contributed by atoms with E-state index < -0.39 is 4.92 Å². The van der Waals surface area contributed by atoms with Gasteiger partial charge >= 0.3 is 0 Å². The Labute approximate surface area is 120 Å². The smallest absolute Gasteiger partial charge is 0.292 e. The van der Waals surface area contributed by atoms with Gasteiger partial charge in [-0.2, -0.15) is 0 Å². The summed E-state index contributed by atoms with van der Waals surface area (Å²) in [7, 11) is 0. The van der Waals surface area contributed by atoms with Gasteiger partial charge in [0.05, 0.1) is 17.3 Å². The molecule has 0 saturated heterocycles. The van der Waals surface area contributed by atoms with Crippen molar-refractivity contribution in [1.29, 1.82) is 0 Å². The summed E-state index contributed by atoms with van der Waals surface area (Å²) in [5.41, 5.74) is 0.534. The number of halogens is 1. The maximum atomic E-state index is 10.8. The lowest BCUT2D eigenvalue weighted by atomic mass is 10.2. The van der Waals surface area contributed by atoms with E-state index >= 15 is 0 Å². The van der Waals surface area contributed by atoms with E-state index in [1.165, 1.54) is 12.3 Å². The number of rotatable bonds is 6. The van der Waals surface area contributed by atoms with Crippen molar-refractivity contribution in [2.75, 3.05) is 23.7 Å². The molecule has 8 heteroatoms. The van der Waals surface area contributed by atoms with Crippen LogP contribution in [0.25, 0.3) is 0 Å². The Morgan fingerprint density at radius 3 is 2.70 bits per heavy atom. The molecule has 20 heavy (non-hydrogen) atoms. The minimum absolute atomic E-state index is 0.0510. The predicted molar refractivity (Wildman–Crippen MR) is 77.1 cm³/mol. The van der Waals surface area contributed by atoms with E-state index in [9.17, 15) is 10.1 Å². The summed E-state index contributed by atoms with van der Waals surface area (Å²) in [6.07, 6.45) is 3.00. The molecule has 2 rings (SSSR count). The molecule has 0 amide bonds. The second kappa shape index (κ2) is 6.67. The van der Waals surface area contributed by atoms with Crippen molar-refractivity contribution in [1.82, 2.24) is 9.97 Å². The second-order valence-electron chi connectivity index (χ2n) is 3.85. The Morgan fingerprint density at radius 2 is 1.95 bits per heavy atom. The quantitative estimate of drug-likeness (QED) is 0.483. The Kier molecular flexibility index (Phi) is 4.67. The van der Waals surface area contributed by atoms with Gasteiger partial charge in [-0.15, -0.1) is 0 Å². The lowest BCUT2D eigenvalue weighted by molar-refractivity contribution is -0.384. The standard InChI is InChI=1S/C12H12ClN5O2/c13-11-7-14-8-12(17-11)16-6-5-15-9-3-1-2-4-10(9)18(19)20/h1-4,7-8,15H,5-6H2,(H,16,17). The molecule has 0 saturated carbocycles. The van der Waals surface area contributed by atoms with Gasteiger partial charge in [0.1, 0.15) is 16.7 Å². The molecule has 0 atom stereocenters. The molecule has 0 aliphatic rings. The third-order valence-corrected chi connectivity index (χ3v) is 2.63. The molecule has 7 nitrogen and oxygen atoms in total. The number of nitrogens with one attached hydrogen (secondary N) is 2. The van der Waals surface area contributed by atoms with Crippen molar-refractivity contribution in [3.8, 4) is 0 Å². The van der Waals surface area contributed by atoms with Gasteiger partial charge in [0.2, 0.25) is 0 Å². The van der Waals surface area contributed by atoms with Crippen molar-refractivity contribution in [2.45, 2.75) is 0 Å². The van der Waals surface area contributed by atoms with Crippen LogP contribution in [0.4, 0.5) is 17.2 Å². The van der Waals surface area contributed by atoms with Gasteiger partial charge in [0.25, 0.3) is 5.69 Å². The fourth-order valence-corrected chi connectivity index (χ4v) is 1.74. The Balaban J connectivity index is 1.86. The van der Waals surface area contributed by atoms with Gasteiger partial charge in [-0.3, -0.25) is 15.1 Å². The average molecular weight is 294 g/mol. The first-order valence-corrected chi connectivity index (χ1v) is 6.23. The molecule has 1 aromatic heterocycles. The molecule has 0 bridgehead atoms. The molecule has 0 radical (unpaired) electrons. The number of hydrogen-bond acceptors (Lipinski definition) is 6. The van der Waals surface area contributed by atoms with Crippen LogP contribution in [0.5, 0.6) is 0 Å². The summed E-state index contributed by atoms with van der Waals surface area (Å²) in [5, 5.41) is 17.1. The zero-order valence-corrected chi connectivity index (χ0v) is 11.2. The van der Waals surface area contributed by atoms with Crippen molar-refractivity contribution in [2.24, 2.45) is 0 Å². The Hall–Kier alpha value is -2.41. The summed E-state index contributed by atoms with van der Waals surface area (Å²) >= 11 is 5.70. The van der Waals surface area contributed by atoms with Crippen molar-refractivity contribution in [3.05, 3.63) is 51.9 Å². The first kappa shape index (κ1) is 14.0.